The van der Waals surface area contributed by atoms with Crippen LogP contribution in [0.3, 0.4) is 0 Å². The summed E-state index contributed by atoms with van der Waals surface area (Å²) in [6.45, 7) is 3.65. The summed E-state index contributed by atoms with van der Waals surface area (Å²) in [5.74, 6) is -0.302. The molecule has 1 amide bonds. The minimum absolute atomic E-state index is 0.00917. The first-order valence-electron chi connectivity index (χ1n) is 8.57. The van der Waals surface area contributed by atoms with Gasteiger partial charge in [0.05, 0.1) is 11.7 Å². The molecule has 1 fully saturated rings. The van der Waals surface area contributed by atoms with Crippen molar-refractivity contribution in [3.8, 4) is 5.75 Å². The van der Waals surface area contributed by atoms with Gasteiger partial charge in [-0.15, -0.1) is 0 Å². The van der Waals surface area contributed by atoms with Gasteiger partial charge in [-0.2, -0.15) is 0 Å². The van der Waals surface area contributed by atoms with Crippen LogP contribution in [-0.4, -0.2) is 46.3 Å². The second-order valence-electron chi connectivity index (χ2n) is 6.69. The Hall–Kier alpha value is -2.37. The molecule has 0 aromatic heterocycles. The molecule has 0 bridgehead atoms. The zero-order valence-electron chi connectivity index (χ0n) is 14.4. The maximum absolute atomic E-state index is 12.3. The molecule has 2 aromatic carbocycles. The van der Waals surface area contributed by atoms with Crippen molar-refractivity contribution in [3.05, 3.63) is 65.2 Å². The van der Waals surface area contributed by atoms with E-state index in [2.05, 4.69) is 22.3 Å². The number of rotatable bonds is 5. The SMILES string of the molecule is Cc1ccc(C(=O)NC[C@H]2C[C@H](O)CN2Cc2ccccc2)c(O)c1. The fourth-order valence-electron chi connectivity index (χ4n) is 3.32. The highest BCUT2D eigenvalue weighted by molar-refractivity contribution is 5.96. The number of aryl methyl sites for hydroxylation is 1. The van der Waals surface area contributed by atoms with E-state index in [4.69, 9.17) is 0 Å². The number of β-amino-alcohol motifs (C(OH)–C–C–N with tert-alkyl or cyclic N) is 1. The van der Waals surface area contributed by atoms with Crippen molar-refractivity contribution < 1.29 is 15.0 Å². The number of phenols is 1. The minimum Gasteiger partial charge on any atom is -0.507 e. The summed E-state index contributed by atoms with van der Waals surface area (Å²) < 4.78 is 0. The molecule has 0 unspecified atom stereocenters. The van der Waals surface area contributed by atoms with Gasteiger partial charge in [0, 0.05) is 25.7 Å². The number of nitrogens with one attached hydrogen (secondary N) is 1. The van der Waals surface area contributed by atoms with Gasteiger partial charge in [0.1, 0.15) is 5.75 Å². The lowest BCUT2D eigenvalue weighted by Crippen LogP contribution is -2.39. The summed E-state index contributed by atoms with van der Waals surface area (Å²) in [5, 5.41) is 22.8. The van der Waals surface area contributed by atoms with Gasteiger partial charge < -0.3 is 15.5 Å². The van der Waals surface area contributed by atoms with E-state index in [1.165, 1.54) is 5.56 Å². The maximum atomic E-state index is 12.3. The number of hydrogen-bond acceptors (Lipinski definition) is 4. The Morgan fingerprint density at radius 1 is 1.24 bits per heavy atom. The van der Waals surface area contributed by atoms with E-state index in [-0.39, 0.29) is 29.4 Å². The fraction of sp³-hybridized carbons (Fsp3) is 0.350. The van der Waals surface area contributed by atoms with E-state index < -0.39 is 0 Å². The molecule has 3 N–H and O–H groups in total. The van der Waals surface area contributed by atoms with Crippen molar-refractivity contribution in [3.63, 3.8) is 0 Å². The third-order valence-electron chi connectivity index (χ3n) is 4.63. The van der Waals surface area contributed by atoms with E-state index >= 15 is 0 Å². The molecule has 1 saturated heterocycles. The second kappa shape index (κ2) is 7.68. The molecule has 5 heteroatoms. The largest absolute Gasteiger partial charge is 0.507 e. The minimum atomic E-state index is -0.376. The third kappa shape index (κ3) is 4.38. The lowest BCUT2D eigenvalue weighted by atomic mass is 10.1. The third-order valence-corrected chi connectivity index (χ3v) is 4.63. The van der Waals surface area contributed by atoms with Crippen LogP contribution in [0.4, 0.5) is 0 Å². The molecule has 0 saturated carbocycles. The van der Waals surface area contributed by atoms with Crippen LogP contribution in [0.15, 0.2) is 48.5 Å². The number of likely N-dealkylation sites (tertiary alicyclic amines) is 1. The Balaban J connectivity index is 1.61. The topological polar surface area (TPSA) is 72.8 Å². The Morgan fingerprint density at radius 2 is 2.00 bits per heavy atom. The molecule has 25 heavy (non-hydrogen) atoms. The van der Waals surface area contributed by atoms with Crippen molar-refractivity contribution in [2.24, 2.45) is 0 Å². The highest BCUT2D eigenvalue weighted by Crippen LogP contribution is 2.21. The predicted molar refractivity (Wildman–Crippen MR) is 96.4 cm³/mol. The second-order valence-corrected chi connectivity index (χ2v) is 6.69. The van der Waals surface area contributed by atoms with Crippen molar-refractivity contribution in [1.82, 2.24) is 10.2 Å². The number of aliphatic hydroxyl groups excluding tert-OH is 1. The number of amides is 1. The quantitative estimate of drug-likeness (QED) is 0.779. The molecule has 3 rings (SSSR count). The number of phenolic OH excluding ortho intramolecular Hbond substituents is 1. The highest BCUT2D eigenvalue weighted by Gasteiger charge is 2.31. The molecule has 2 atom stereocenters. The molecular formula is C20H24N2O3. The molecule has 0 aliphatic carbocycles. The van der Waals surface area contributed by atoms with Crippen LogP contribution < -0.4 is 5.32 Å². The molecule has 0 spiro atoms. The van der Waals surface area contributed by atoms with Gasteiger partial charge in [0.15, 0.2) is 0 Å². The van der Waals surface area contributed by atoms with Gasteiger partial charge in [-0.3, -0.25) is 9.69 Å². The average Bonchev–Trinajstić information content (AvgIpc) is 2.93. The summed E-state index contributed by atoms with van der Waals surface area (Å²) in [7, 11) is 0. The normalized spacial score (nSPS) is 20.6. The van der Waals surface area contributed by atoms with Crippen molar-refractivity contribution in [2.45, 2.75) is 32.0 Å². The zero-order valence-corrected chi connectivity index (χ0v) is 14.4. The monoisotopic (exact) mass is 340 g/mol. The van der Waals surface area contributed by atoms with E-state index in [1.807, 2.05) is 25.1 Å². The lowest BCUT2D eigenvalue weighted by molar-refractivity contribution is 0.0937. The van der Waals surface area contributed by atoms with E-state index in [0.717, 1.165) is 12.1 Å². The maximum Gasteiger partial charge on any atom is 0.255 e. The Morgan fingerprint density at radius 3 is 2.72 bits per heavy atom. The van der Waals surface area contributed by atoms with E-state index in [1.54, 1.807) is 18.2 Å². The fourth-order valence-corrected chi connectivity index (χ4v) is 3.32. The highest BCUT2D eigenvalue weighted by atomic mass is 16.3. The number of aromatic hydroxyl groups is 1. The number of aliphatic hydroxyl groups is 1. The number of hydrogen-bond donors (Lipinski definition) is 3. The van der Waals surface area contributed by atoms with Crippen LogP contribution in [0.1, 0.15) is 27.9 Å². The number of nitrogens with zero attached hydrogens (tertiary/aromatic N) is 1. The molecular weight excluding hydrogens is 316 g/mol. The molecule has 0 radical (unpaired) electrons. The first-order chi connectivity index (χ1) is 12.0. The molecule has 2 aromatic rings. The summed E-state index contributed by atoms with van der Waals surface area (Å²) in [4.78, 5) is 14.5. The van der Waals surface area contributed by atoms with Crippen molar-refractivity contribution >= 4 is 5.91 Å². The first kappa shape index (κ1) is 17.5. The smallest absolute Gasteiger partial charge is 0.255 e. The summed E-state index contributed by atoms with van der Waals surface area (Å²) in [6.07, 6.45) is 0.255. The van der Waals surface area contributed by atoms with Gasteiger partial charge >= 0.3 is 0 Å². The first-order valence-corrected chi connectivity index (χ1v) is 8.57. The van der Waals surface area contributed by atoms with Gasteiger partial charge in [0.2, 0.25) is 0 Å². The predicted octanol–water partition coefficient (Wildman–Crippen LogP) is 2.07. The average molecular weight is 340 g/mol. The number of carbonyl (C=O) groups is 1. The van der Waals surface area contributed by atoms with Crippen LogP contribution in [0.25, 0.3) is 0 Å². The standard InChI is InChI=1S/C20H24N2O3/c1-14-7-8-18(19(24)9-14)20(25)21-11-16-10-17(23)13-22(16)12-15-5-3-2-4-6-15/h2-9,16-17,23-24H,10-13H2,1H3,(H,21,25)/t16-,17+/m1/s1. The summed E-state index contributed by atoms with van der Waals surface area (Å²) >= 11 is 0. The molecule has 132 valence electrons. The Bertz CT molecular complexity index is 733. The molecule has 1 aliphatic heterocycles. The van der Waals surface area contributed by atoms with Gasteiger partial charge in [-0.1, -0.05) is 36.4 Å². The summed E-state index contributed by atoms with van der Waals surface area (Å²) in [6, 6.07) is 15.2. The van der Waals surface area contributed by atoms with Gasteiger partial charge in [0.25, 0.3) is 5.91 Å². The molecule has 5 nitrogen and oxygen atoms in total. The molecule has 1 heterocycles. The number of benzene rings is 2. The lowest BCUT2D eigenvalue weighted by Gasteiger charge is -2.24. The van der Waals surface area contributed by atoms with Crippen molar-refractivity contribution in [2.75, 3.05) is 13.1 Å². The van der Waals surface area contributed by atoms with E-state index in [0.29, 0.717) is 19.5 Å². The summed E-state index contributed by atoms with van der Waals surface area (Å²) in [5.41, 5.74) is 2.37. The van der Waals surface area contributed by atoms with Crippen LogP contribution in [0.5, 0.6) is 5.75 Å². The van der Waals surface area contributed by atoms with Crippen LogP contribution in [-0.2, 0) is 6.54 Å². The van der Waals surface area contributed by atoms with Gasteiger partial charge in [-0.25, -0.2) is 0 Å². The molecule has 1 aliphatic rings. The van der Waals surface area contributed by atoms with Crippen molar-refractivity contribution in [1.29, 1.82) is 0 Å². The Labute approximate surface area is 147 Å². The van der Waals surface area contributed by atoms with Crippen LogP contribution in [0.2, 0.25) is 0 Å². The van der Waals surface area contributed by atoms with Crippen LogP contribution >= 0.6 is 0 Å². The van der Waals surface area contributed by atoms with Crippen LogP contribution in [0, 0.1) is 6.92 Å². The van der Waals surface area contributed by atoms with Gasteiger partial charge in [-0.05, 0) is 36.6 Å². The number of carbonyl (C=O) groups excluding carboxylic acids is 1. The zero-order chi connectivity index (χ0) is 17.8. The Kier molecular flexibility index (Phi) is 5.36. The van der Waals surface area contributed by atoms with E-state index in [9.17, 15) is 15.0 Å².